The van der Waals surface area contributed by atoms with E-state index in [1.165, 1.54) is 0 Å². The van der Waals surface area contributed by atoms with Gasteiger partial charge in [0, 0.05) is 5.69 Å². The van der Waals surface area contributed by atoms with Crippen molar-refractivity contribution in [3.05, 3.63) is 24.3 Å². The molecule has 2 nitrogen and oxygen atoms in total. The maximum atomic E-state index is 5.43. The number of nitrogens with two attached hydrogens (primary N) is 1. The Balaban J connectivity index is 0.000000810. The van der Waals surface area contributed by atoms with Crippen molar-refractivity contribution in [1.29, 1.82) is 0 Å². The quantitative estimate of drug-likeness (QED) is 0.448. The molecular formula is C7H10LiNO. The molecule has 50 valence electrons. The molecule has 0 aliphatic rings. The molecule has 0 saturated carbocycles. The Labute approximate surface area is 72.5 Å². The Bertz CT molecular complexity index is 185. The van der Waals surface area contributed by atoms with Crippen LogP contribution in [0, 0.1) is 0 Å². The zero-order valence-electron chi connectivity index (χ0n) is 5.29. The molecule has 0 radical (unpaired) electrons. The number of ether oxygens (including phenoxy) is 1. The van der Waals surface area contributed by atoms with Crippen LogP contribution in [0.25, 0.3) is 0 Å². The minimum atomic E-state index is 0. The van der Waals surface area contributed by atoms with E-state index in [9.17, 15) is 0 Å². The summed E-state index contributed by atoms with van der Waals surface area (Å²) in [7, 11) is 1.63. The predicted molar refractivity (Wildman–Crippen MR) is 44.6 cm³/mol. The van der Waals surface area contributed by atoms with E-state index in [1.54, 1.807) is 19.2 Å². The zero-order valence-corrected chi connectivity index (χ0v) is 5.29. The molecule has 0 bridgehead atoms. The van der Waals surface area contributed by atoms with Gasteiger partial charge in [-0.1, -0.05) is 0 Å². The predicted octanol–water partition coefficient (Wildman–Crippen LogP) is 0.629. The molecule has 3 heteroatoms. The van der Waals surface area contributed by atoms with E-state index in [0.29, 0.717) is 0 Å². The molecule has 0 saturated heterocycles. The van der Waals surface area contributed by atoms with E-state index in [-0.39, 0.29) is 18.9 Å². The van der Waals surface area contributed by atoms with Gasteiger partial charge in [0.25, 0.3) is 0 Å². The molecule has 1 aromatic carbocycles. The van der Waals surface area contributed by atoms with Crippen molar-refractivity contribution in [3.8, 4) is 5.75 Å². The molecule has 0 aliphatic heterocycles. The van der Waals surface area contributed by atoms with Crippen LogP contribution in [0.1, 0.15) is 0 Å². The first-order valence-corrected chi connectivity index (χ1v) is 2.72. The summed E-state index contributed by atoms with van der Waals surface area (Å²) in [4.78, 5) is 0. The van der Waals surface area contributed by atoms with E-state index < -0.39 is 0 Å². The van der Waals surface area contributed by atoms with Crippen molar-refractivity contribution < 1.29 is 4.74 Å². The number of methoxy groups -OCH3 is 1. The van der Waals surface area contributed by atoms with Gasteiger partial charge >= 0.3 is 18.9 Å². The van der Waals surface area contributed by atoms with Gasteiger partial charge in [-0.25, -0.2) is 0 Å². The third kappa shape index (κ3) is 2.34. The third-order valence-corrected chi connectivity index (χ3v) is 1.12. The van der Waals surface area contributed by atoms with Gasteiger partial charge in [-0.15, -0.1) is 0 Å². The standard InChI is InChI=1S/C7H9NO.Li.H/c1-9-7-4-2-6(8)3-5-7;;/h2-5H,8H2,1H3;;. The first kappa shape index (κ1) is 9.42. The van der Waals surface area contributed by atoms with E-state index in [2.05, 4.69) is 0 Å². The Morgan fingerprint density at radius 2 is 1.70 bits per heavy atom. The number of nitrogen functional groups attached to an aromatic ring is 1. The SMILES string of the molecule is COc1ccc(N)cc1.[LiH]. The number of hydrogen-bond donors (Lipinski definition) is 1. The summed E-state index contributed by atoms with van der Waals surface area (Å²) in [6.45, 7) is 0. The zero-order chi connectivity index (χ0) is 6.69. The normalized spacial score (nSPS) is 8.10. The molecule has 0 atom stereocenters. The first-order valence-electron chi connectivity index (χ1n) is 2.72. The molecule has 0 aliphatic carbocycles. The fraction of sp³-hybridized carbons (Fsp3) is 0.143. The molecule has 2 N–H and O–H groups in total. The van der Waals surface area contributed by atoms with Crippen molar-refractivity contribution in [2.75, 3.05) is 12.8 Å². The van der Waals surface area contributed by atoms with Crippen LogP contribution in [-0.2, 0) is 0 Å². The van der Waals surface area contributed by atoms with Crippen molar-refractivity contribution >= 4 is 24.5 Å². The maximum absolute atomic E-state index is 5.43. The minimum absolute atomic E-state index is 0. The van der Waals surface area contributed by atoms with Crippen LogP contribution >= 0.6 is 0 Å². The van der Waals surface area contributed by atoms with Crippen molar-refractivity contribution in [2.24, 2.45) is 0 Å². The van der Waals surface area contributed by atoms with Gasteiger partial charge in [0.15, 0.2) is 0 Å². The number of hydrogen-bond acceptors (Lipinski definition) is 2. The number of anilines is 1. The summed E-state index contributed by atoms with van der Waals surface area (Å²) in [6.07, 6.45) is 0. The van der Waals surface area contributed by atoms with Crippen LogP contribution in [0.5, 0.6) is 5.75 Å². The second-order valence-corrected chi connectivity index (χ2v) is 1.77. The molecule has 0 amide bonds. The van der Waals surface area contributed by atoms with Gasteiger partial charge in [0.2, 0.25) is 0 Å². The molecule has 0 spiro atoms. The summed E-state index contributed by atoms with van der Waals surface area (Å²) in [5, 5.41) is 0. The second-order valence-electron chi connectivity index (χ2n) is 1.77. The Kier molecular flexibility index (Phi) is 4.02. The number of benzene rings is 1. The van der Waals surface area contributed by atoms with Gasteiger partial charge in [-0.2, -0.15) is 0 Å². The molecule has 1 rings (SSSR count). The van der Waals surface area contributed by atoms with Crippen molar-refractivity contribution in [1.82, 2.24) is 0 Å². The monoisotopic (exact) mass is 131 g/mol. The van der Waals surface area contributed by atoms with Crippen LogP contribution in [0.3, 0.4) is 0 Å². The molecule has 0 unspecified atom stereocenters. The van der Waals surface area contributed by atoms with Crippen LogP contribution in [0.4, 0.5) is 5.69 Å². The summed E-state index contributed by atoms with van der Waals surface area (Å²) in [6, 6.07) is 7.27. The van der Waals surface area contributed by atoms with Gasteiger partial charge in [-0.05, 0) is 24.3 Å². The Morgan fingerprint density at radius 3 is 2.10 bits per heavy atom. The van der Waals surface area contributed by atoms with Gasteiger partial charge in [-0.3, -0.25) is 0 Å². The molecule has 10 heavy (non-hydrogen) atoms. The summed E-state index contributed by atoms with van der Waals surface area (Å²) < 4.78 is 4.91. The molecule has 0 aromatic heterocycles. The van der Waals surface area contributed by atoms with Gasteiger partial charge < -0.3 is 10.5 Å². The van der Waals surface area contributed by atoms with Crippen LogP contribution < -0.4 is 10.5 Å². The Hall–Kier alpha value is -0.583. The van der Waals surface area contributed by atoms with E-state index in [0.717, 1.165) is 11.4 Å². The van der Waals surface area contributed by atoms with Crippen LogP contribution in [0.2, 0.25) is 0 Å². The topological polar surface area (TPSA) is 35.2 Å². The second kappa shape index (κ2) is 4.27. The molecule has 1 aromatic rings. The summed E-state index contributed by atoms with van der Waals surface area (Å²) in [5.41, 5.74) is 6.19. The van der Waals surface area contributed by atoms with Gasteiger partial charge in [0.1, 0.15) is 5.75 Å². The summed E-state index contributed by atoms with van der Waals surface area (Å²) in [5.74, 6) is 0.837. The van der Waals surface area contributed by atoms with Crippen molar-refractivity contribution in [3.63, 3.8) is 0 Å². The van der Waals surface area contributed by atoms with Crippen molar-refractivity contribution in [2.45, 2.75) is 0 Å². The third-order valence-electron chi connectivity index (χ3n) is 1.12. The average molecular weight is 131 g/mol. The number of rotatable bonds is 1. The van der Waals surface area contributed by atoms with E-state index in [1.807, 2.05) is 12.1 Å². The van der Waals surface area contributed by atoms with Crippen LogP contribution in [0.15, 0.2) is 24.3 Å². The fourth-order valence-corrected chi connectivity index (χ4v) is 0.604. The van der Waals surface area contributed by atoms with E-state index in [4.69, 9.17) is 10.5 Å². The van der Waals surface area contributed by atoms with E-state index >= 15 is 0 Å². The molecular weight excluding hydrogens is 121 g/mol. The molecule has 0 heterocycles. The first-order chi connectivity index (χ1) is 4.33. The Morgan fingerprint density at radius 1 is 1.20 bits per heavy atom. The average Bonchev–Trinajstić information content (AvgIpc) is 1.90. The van der Waals surface area contributed by atoms with Crippen LogP contribution in [-0.4, -0.2) is 26.0 Å². The van der Waals surface area contributed by atoms with Gasteiger partial charge in [0.05, 0.1) is 7.11 Å². The molecule has 0 fully saturated rings. The fourth-order valence-electron chi connectivity index (χ4n) is 0.604. The summed E-state index contributed by atoms with van der Waals surface area (Å²) >= 11 is 0.